The largest absolute Gasteiger partial charge is 0.380 e. The Morgan fingerprint density at radius 3 is 2.47 bits per heavy atom. The molecule has 1 aromatic carbocycles. The van der Waals surface area contributed by atoms with Gasteiger partial charge in [-0.15, -0.1) is 0 Å². The first-order chi connectivity index (χ1) is 9.04. The standard InChI is InChI=1S/C15H22BrF2N/c1-3-4-5-6-7-8-11(2)19-15-9-12(16)13(17)10-14(15)18/h9-11,19H,3-8H2,1-2H3. The van der Waals surface area contributed by atoms with Crippen LogP contribution in [0.1, 0.15) is 52.4 Å². The van der Waals surface area contributed by atoms with E-state index in [4.69, 9.17) is 0 Å². The highest BCUT2D eigenvalue weighted by atomic mass is 79.9. The number of hydrogen-bond donors (Lipinski definition) is 1. The zero-order chi connectivity index (χ0) is 14.3. The lowest BCUT2D eigenvalue weighted by Crippen LogP contribution is -2.16. The van der Waals surface area contributed by atoms with Crippen LogP contribution in [0.5, 0.6) is 0 Å². The molecule has 0 aromatic heterocycles. The molecule has 0 fully saturated rings. The van der Waals surface area contributed by atoms with E-state index in [-0.39, 0.29) is 10.5 Å². The van der Waals surface area contributed by atoms with Crippen molar-refractivity contribution in [2.45, 2.75) is 58.4 Å². The van der Waals surface area contributed by atoms with Gasteiger partial charge in [0.15, 0.2) is 0 Å². The van der Waals surface area contributed by atoms with Crippen molar-refractivity contribution in [1.29, 1.82) is 0 Å². The fourth-order valence-electron chi connectivity index (χ4n) is 2.02. The molecular formula is C15H22BrF2N. The highest BCUT2D eigenvalue weighted by molar-refractivity contribution is 9.10. The third-order valence-electron chi connectivity index (χ3n) is 3.15. The summed E-state index contributed by atoms with van der Waals surface area (Å²) in [5.74, 6) is -1.12. The molecule has 0 radical (unpaired) electrons. The van der Waals surface area contributed by atoms with Crippen molar-refractivity contribution in [3.63, 3.8) is 0 Å². The number of unbranched alkanes of at least 4 members (excludes halogenated alkanes) is 4. The highest BCUT2D eigenvalue weighted by Crippen LogP contribution is 2.24. The fourth-order valence-corrected chi connectivity index (χ4v) is 2.37. The summed E-state index contributed by atoms with van der Waals surface area (Å²) in [5, 5.41) is 3.10. The maximum absolute atomic E-state index is 13.6. The topological polar surface area (TPSA) is 12.0 Å². The van der Waals surface area contributed by atoms with Crippen LogP contribution in [0.3, 0.4) is 0 Å². The molecule has 1 nitrogen and oxygen atoms in total. The minimum Gasteiger partial charge on any atom is -0.380 e. The van der Waals surface area contributed by atoms with Gasteiger partial charge in [0.25, 0.3) is 0 Å². The van der Waals surface area contributed by atoms with Crippen molar-refractivity contribution in [1.82, 2.24) is 0 Å². The van der Waals surface area contributed by atoms with Gasteiger partial charge in [-0.3, -0.25) is 0 Å². The average molecular weight is 334 g/mol. The Labute approximate surface area is 122 Å². The van der Waals surface area contributed by atoms with Crippen molar-refractivity contribution < 1.29 is 8.78 Å². The second-order valence-electron chi connectivity index (χ2n) is 4.99. The van der Waals surface area contributed by atoms with Gasteiger partial charge < -0.3 is 5.32 Å². The Kier molecular flexibility index (Phi) is 7.36. The summed E-state index contributed by atoms with van der Waals surface area (Å²) in [5.41, 5.74) is 0.356. The van der Waals surface area contributed by atoms with Gasteiger partial charge in [0.05, 0.1) is 10.2 Å². The van der Waals surface area contributed by atoms with E-state index in [9.17, 15) is 8.78 Å². The van der Waals surface area contributed by atoms with E-state index in [0.29, 0.717) is 5.69 Å². The second kappa shape index (κ2) is 8.51. The van der Waals surface area contributed by atoms with Crippen LogP contribution < -0.4 is 5.32 Å². The van der Waals surface area contributed by atoms with Crippen LogP contribution >= 0.6 is 15.9 Å². The predicted molar refractivity (Wildman–Crippen MR) is 80.5 cm³/mol. The van der Waals surface area contributed by atoms with E-state index >= 15 is 0 Å². The van der Waals surface area contributed by atoms with Crippen LogP contribution in [0.25, 0.3) is 0 Å². The number of rotatable bonds is 8. The third kappa shape index (κ3) is 5.89. The lowest BCUT2D eigenvalue weighted by Gasteiger charge is -2.16. The Balaban J connectivity index is 2.40. The normalized spacial score (nSPS) is 12.5. The maximum Gasteiger partial charge on any atom is 0.149 e. The van der Waals surface area contributed by atoms with Crippen LogP contribution in [0, 0.1) is 11.6 Å². The molecule has 0 saturated heterocycles. The quantitative estimate of drug-likeness (QED) is 0.462. The summed E-state index contributed by atoms with van der Waals surface area (Å²) >= 11 is 3.07. The molecule has 1 atom stereocenters. The van der Waals surface area contributed by atoms with Gasteiger partial charge in [0, 0.05) is 12.1 Å². The minimum absolute atomic E-state index is 0.188. The Hall–Kier alpha value is -0.640. The number of halogens is 3. The molecule has 0 heterocycles. The van der Waals surface area contributed by atoms with E-state index < -0.39 is 11.6 Å². The number of anilines is 1. The van der Waals surface area contributed by atoms with Crippen molar-refractivity contribution in [3.8, 4) is 0 Å². The second-order valence-corrected chi connectivity index (χ2v) is 5.85. The molecule has 108 valence electrons. The molecule has 0 spiro atoms. The van der Waals surface area contributed by atoms with Crippen LogP contribution in [0.2, 0.25) is 0 Å². The summed E-state index contributed by atoms with van der Waals surface area (Å²) in [4.78, 5) is 0. The summed E-state index contributed by atoms with van der Waals surface area (Å²) < 4.78 is 26.9. The van der Waals surface area contributed by atoms with Crippen molar-refractivity contribution in [3.05, 3.63) is 28.2 Å². The zero-order valence-corrected chi connectivity index (χ0v) is 13.2. The van der Waals surface area contributed by atoms with Gasteiger partial charge in [-0.2, -0.15) is 0 Å². The van der Waals surface area contributed by atoms with E-state index in [1.165, 1.54) is 31.7 Å². The molecular weight excluding hydrogens is 312 g/mol. The Morgan fingerprint density at radius 2 is 1.79 bits per heavy atom. The maximum atomic E-state index is 13.6. The first-order valence-electron chi connectivity index (χ1n) is 6.95. The van der Waals surface area contributed by atoms with E-state index in [2.05, 4.69) is 28.2 Å². The van der Waals surface area contributed by atoms with E-state index in [1.54, 1.807) is 0 Å². The first kappa shape index (κ1) is 16.4. The molecule has 1 rings (SSSR count). The van der Waals surface area contributed by atoms with Gasteiger partial charge in [0.2, 0.25) is 0 Å². The summed E-state index contributed by atoms with van der Waals surface area (Å²) in [6, 6.07) is 2.55. The smallest absolute Gasteiger partial charge is 0.149 e. The molecule has 0 aliphatic carbocycles. The van der Waals surface area contributed by atoms with Crippen LogP contribution in [-0.2, 0) is 0 Å². The molecule has 1 unspecified atom stereocenters. The molecule has 0 aliphatic heterocycles. The van der Waals surface area contributed by atoms with Gasteiger partial charge in [-0.25, -0.2) is 8.78 Å². The Bertz CT molecular complexity index is 396. The monoisotopic (exact) mass is 333 g/mol. The molecule has 4 heteroatoms. The first-order valence-corrected chi connectivity index (χ1v) is 7.75. The van der Waals surface area contributed by atoms with Gasteiger partial charge in [0.1, 0.15) is 11.6 Å². The highest BCUT2D eigenvalue weighted by Gasteiger charge is 2.10. The Morgan fingerprint density at radius 1 is 1.11 bits per heavy atom. The molecule has 1 N–H and O–H groups in total. The predicted octanol–water partition coefficient (Wildman–Crippen LogP) is 5.89. The van der Waals surface area contributed by atoms with Crippen LogP contribution in [0.15, 0.2) is 16.6 Å². The van der Waals surface area contributed by atoms with E-state index in [0.717, 1.165) is 18.9 Å². The molecule has 0 saturated carbocycles. The molecule has 0 amide bonds. The number of nitrogens with one attached hydrogen (secondary N) is 1. The van der Waals surface area contributed by atoms with Crippen molar-refractivity contribution in [2.75, 3.05) is 5.32 Å². The van der Waals surface area contributed by atoms with Crippen LogP contribution in [-0.4, -0.2) is 6.04 Å². The number of benzene rings is 1. The number of hydrogen-bond acceptors (Lipinski definition) is 1. The van der Waals surface area contributed by atoms with E-state index in [1.807, 2.05) is 6.92 Å². The SMILES string of the molecule is CCCCCCCC(C)Nc1cc(Br)c(F)cc1F. The van der Waals surface area contributed by atoms with Crippen molar-refractivity contribution in [2.24, 2.45) is 0 Å². The summed E-state index contributed by atoms with van der Waals surface area (Å²) in [6.07, 6.45) is 7.13. The lowest BCUT2D eigenvalue weighted by molar-refractivity contribution is 0.565. The summed E-state index contributed by atoms with van der Waals surface area (Å²) in [7, 11) is 0. The zero-order valence-electron chi connectivity index (χ0n) is 11.6. The fraction of sp³-hybridized carbons (Fsp3) is 0.600. The molecule has 19 heavy (non-hydrogen) atoms. The molecule has 1 aromatic rings. The van der Waals surface area contributed by atoms with Crippen molar-refractivity contribution >= 4 is 21.6 Å². The van der Waals surface area contributed by atoms with Gasteiger partial charge in [-0.1, -0.05) is 39.0 Å². The van der Waals surface area contributed by atoms with Crippen LogP contribution in [0.4, 0.5) is 14.5 Å². The van der Waals surface area contributed by atoms with Gasteiger partial charge >= 0.3 is 0 Å². The average Bonchev–Trinajstić information content (AvgIpc) is 2.35. The lowest BCUT2D eigenvalue weighted by atomic mass is 10.1. The molecule has 0 aliphatic rings. The minimum atomic E-state index is -0.574. The van der Waals surface area contributed by atoms with Gasteiger partial charge in [-0.05, 0) is 35.3 Å². The summed E-state index contributed by atoms with van der Waals surface area (Å²) in [6.45, 7) is 4.22. The third-order valence-corrected chi connectivity index (χ3v) is 3.76. The molecule has 0 bridgehead atoms.